The predicted molar refractivity (Wildman–Crippen MR) is 157 cm³/mol. The summed E-state index contributed by atoms with van der Waals surface area (Å²) in [4.78, 5) is 31.7. The van der Waals surface area contributed by atoms with Crippen molar-refractivity contribution < 1.29 is 28.2 Å². The van der Waals surface area contributed by atoms with E-state index in [-0.39, 0.29) is 36.5 Å². The third-order valence-electron chi connectivity index (χ3n) is 7.38. The van der Waals surface area contributed by atoms with Gasteiger partial charge in [0.1, 0.15) is 24.1 Å². The summed E-state index contributed by atoms with van der Waals surface area (Å²) < 4.78 is 31.0. The molecule has 1 aromatic heterocycles. The van der Waals surface area contributed by atoms with Gasteiger partial charge in [-0.3, -0.25) is 0 Å². The molecule has 1 N–H and O–H groups in total. The first-order valence-corrected chi connectivity index (χ1v) is 14.3. The highest BCUT2D eigenvalue weighted by Crippen LogP contribution is 2.49. The van der Waals surface area contributed by atoms with Gasteiger partial charge < -0.3 is 24.4 Å². The highest BCUT2D eigenvalue weighted by Gasteiger charge is 2.59. The number of hydrogen-bond donors (Lipinski definition) is 1. The summed E-state index contributed by atoms with van der Waals surface area (Å²) in [6.45, 7) is 10.3. The van der Waals surface area contributed by atoms with Gasteiger partial charge in [0.2, 0.25) is 5.88 Å². The Morgan fingerprint density at radius 3 is 2.29 bits per heavy atom. The number of likely N-dealkylation sites (tertiary alicyclic amines) is 1. The number of hydrogen-bond acceptors (Lipinski definition) is 6. The van der Waals surface area contributed by atoms with E-state index in [9.17, 15) is 14.0 Å². The summed E-state index contributed by atoms with van der Waals surface area (Å²) in [5.74, 6) is 0.258. The van der Waals surface area contributed by atoms with Gasteiger partial charge in [0.05, 0.1) is 16.3 Å². The van der Waals surface area contributed by atoms with Crippen molar-refractivity contribution in [2.45, 2.75) is 58.5 Å². The number of alkyl carbamates (subject to hydrolysis) is 1. The fourth-order valence-electron chi connectivity index (χ4n) is 5.16. The van der Waals surface area contributed by atoms with E-state index in [1.807, 2.05) is 51.1 Å². The van der Waals surface area contributed by atoms with Gasteiger partial charge in [-0.15, -0.1) is 0 Å². The molecule has 1 aliphatic carbocycles. The molecule has 2 amide bonds. The molecule has 5 rings (SSSR count). The summed E-state index contributed by atoms with van der Waals surface area (Å²) in [5, 5.41) is 3.20. The van der Waals surface area contributed by atoms with Crippen molar-refractivity contribution in [3.63, 3.8) is 0 Å². The van der Waals surface area contributed by atoms with Crippen LogP contribution in [0.2, 0.25) is 5.02 Å². The van der Waals surface area contributed by atoms with Crippen molar-refractivity contribution in [2.24, 2.45) is 11.8 Å². The summed E-state index contributed by atoms with van der Waals surface area (Å²) in [7, 11) is 0. The number of ether oxygens (including phenoxy) is 3. The van der Waals surface area contributed by atoms with Crippen LogP contribution in [0.25, 0.3) is 11.3 Å². The average molecular weight is 596 g/mol. The number of nitrogens with zero attached hydrogens (tertiary/aromatic N) is 2. The van der Waals surface area contributed by atoms with Crippen LogP contribution in [0.1, 0.15) is 45.7 Å². The number of rotatable bonds is 7. The van der Waals surface area contributed by atoms with E-state index in [1.54, 1.807) is 36.9 Å². The minimum atomic E-state index is -0.979. The molecule has 42 heavy (non-hydrogen) atoms. The molecule has 0 radical (unpaired) electrons. The number of amides is 2. The highest BCUT2D eigenvalue weighted by atomic mass is 35.5. The van der Waals surface area contributed by atoms with Gasteiger partial charge in [-0.1, -0.05) is 41.9 Å². The summed E-state index contributed by atoms with van der Waals surface area (Å²) in [5.41, 5.74) is 0.886. The largest absolute Gasteiger partial charge is 0.474 e. The van der Waals surface area contributed by atoms with E-state index in [2.05, 4.69) is 10.3 Å². The standard InChI is InChI=1S/C32H35ClFN3O5/c1-31(2,3)42-30(39)37-16-22-23(17-37)28(22)41-25-15-24(26(33)27(35-25)20-11-13-21(34)14-12-20)32(4,5)36-29(38)40-18-19-9-7-6-8-10-19/h6-15,22-23,28H,16-18H2,1-5H3,(H,36,38)/t22-,23+,28?. The Kier molecular flexibility index (Phi) is 8.07. The molecule has 2 aromatic carbocycles. The number of halogens is 2. The fraction of sp³-hybridized carbons (Fsp3) is 0.406. The molecule has 2 heterocycles. The SMILES string of the molecule is CC(C)(C)OC(=O)N1C[C@@H]2C(Oc3cc(C(C)(C)NC(=O)OCc4ccccc4)c(Cl)c(-c4ccc(F)cc4)n3)[C@@H]2C1. The van der Waals surface area contributed by atoms with Crippen molar-refractivity contribution in [2.75, 3.05) is 13.1 Å². The Morgan fingerprint density at radius 2 is 1.67 bits per heavy atom. The number of aromatic nitrogens is 1. The maximum absolute atomic E-state index is 13.7. The first-order valence-electron chi connectivity index (χ1n) is 13.9. The van der Waals surface area contributed by atoms with E-state index >= 15 is 0 Å². The molecule has 3 aromatic rings. The molecule has 10 heteroatoms. The van der Waals surface area contributed by atoms with Crippen LogP contribution in [-0.2, 0) is 21.6 Å². The molecule has 3 atom stereocenters. The minimum Gasteiger partial charge on any atom is -0.474 e. The predicted octanol–water partition coefficient (Wildman–Crippen LogP) is 6.95. The second-order valence-electron chi connectivity index (χ2n) is 12.3. The first-order chi connectivity index (χ1) is 19.8. The minimum absolute atomic E-state index is 0.118. The average Bonchev–Trinajstić information content (AvgIpc) is 3.34. The van der Waals surface area contributed by atoms with Crippen LogP contribution in [0.4, 0.5) is 14.0 Å². The Bertz CT molecular complexity index is 1450. The van der Waals surface area contributed by atoms with Crippen molar-refractivity contribution in [1.29, 1.82) is 0 Å². The molecule has 8 nitrogen and oxygen atoms in total. The van der Waals surface area contributed by atoms with Gasteiger partial charge in [-0.25, -0.2) is 19.0 Å². The molecule has 2 fully saturated rings. The lowest BCUT2D eigenvalue weighted by Crippen LogP contribution is -2.41. The number of benzene rings is 2. The molecule has 0 bridgehead atoms. The number of carbonyl (C=O) groups is 2. The number of piperidine rings is 1. The van der Waals surface area contributed by atoms with E-state index in [0.717, 1.165) is 5.56 Å². The molecule has 1 unspecified atom stereocenters. The van der Waals surface area contributed by atoms with E-state index in [1.165, 1.54) is 12.1 Å². The molecule has 0 spiro atoms. The quantitative estimate of drug-likeness (QED) is 0.318. The van der Waals surface area contributed by atoms with E-state index < -0.39 is 17.2 Å². The number of nitrogens with one attached hydrogen (secondary N) is 1. The van der Waals surface area contributed by atoms with Crippen LogP contribution in [0.3, 0.4) is 0 Å². The lowest BCUT2D eigenvalue weighted by atomic mass is 9.93. The third kappa shape index (κ3) is 6.78. The highest BCUT2D eigenvalue weighted by molar-refractivity contribution is 6.34. The Morgan fingerprint density at radius 1 is 1.02 bits per heavy atom. The summed E-state index contributed by atoms with van der Waals surface area (Å²) >= 11 is 6.89. The number of carbonyl (C=O) groups excluding carboxylic acids is 2. The molecular weight excluding hydrogens is 561 g/mol. The van der Waals surface area contributed by atoms with Crippen molar-refractivity contribution in [1.82, 2.24) is 15.2 Å². The lowest BCUT2D eigenvalue weighted by molar-refractivity contribution is 0.0252. The third-order valence-corrected chi connectivity index (χ3v) is 7.76. The molecule has 1 aliphatic heterocycles. The normalized spacial score (nSPS) is 19.6. The zero-order valence-corrected chi connectivity index (χ0v) is 25.1. The second-order valence-corrected chi connectivity index (χ2v) is 12.7. The van der Waals surface area contributed by atoms with E-state index in [4.69, 9.17) is 25.8 Å². The monoisotopic (exact) mass is 595 g/mol. The Labute approximate surface area is 250 Å². The van der Waals surface area contributed by atoms with Crippen molar-refractivity contribution in [3.8, 4) is 17.1 Å². The van der Waals surface area contributed by atoms with Gasteiger partial charge >= 0.3 is 12.2 Å². The van der Waals surface area contributed by atoms with Crippen LogP contribution in [0, 0.1) is 17.7 Å². The molecular formula is C32H35ClFN3O5. The number of fused-ring (bicyclic) bond motifs is 1. The first kappa shape index (κ1) is 29.6. The van der Waals surface area contributed by atoms with Gasteiger partial charge in [0.25, 0.3) is 0 Å². The molecule has 2 aliphatic rings. The lowest BCUT2D eigenvalue weighted by Gasteiger charge is -2.29. The molecule has 222 valence electrons. The van der Waals surface area contributed by atoms with Gasteiger partial charge in [-0.05, 0) is 64.4 Å². The zero-order valence-electron chi connectivity index (χ0n) is 24.3. The van der Waals surface area contributed by atoms with Crippen LogP contribution in [0.15, 0.2) is 60.7 Å². The number of pyridine rings is 1. The van der Waals surface area contributed by atoms with Crippen LogP contribution >= 0.6 is 11.6 Å². The van der Waals surface area contributed by atoms with Gasteiger partial charge in [-0.2, -0.15) is 0 Å². The van der Waals surface area contributed by atoms with Crippen LogP contribution < -0.4 is 10.1 Å². The maximum Gasteiger partial charge on any atom is 0.410 e. The smallest absolute Gasteiger partial charge is 0.410 e. The van der Waals surface area contributed by atoms with Crippen LogP contribution in [0.5, 0.6) is 5.88 Å². The second kappa shape index (κ2) is 11.4. The molecule has 1 saturated carbocycles. The summed E-state index contributed by atoms with van der Waals surface area (Å²) in [6.07, 6.45) is -1.06. The Hall–Kier alpha value is -3.85. The topological polar surface area (TPSA) is 90.0 Å². The van der Waals surface area contributed by atoms with Crippen LogP contribution in [-0.4, -0.2) is 46.9 Å². The summed E-state index contributed by atoms with van der Waals surface area (Å²) in [6, 6.07) is 17.0. The van der Waals surface area contributed by atoms with Gasteiger partial charge in [0, 0.05) is 42.1 Å². The van der Waals surface area contributed by atoms with Crippen molar-refractivity contribution >= 4 is 23.8 Å². The fourth-order valence-corrected chi connectivity index (χ4v) is 5.61. The van der Waals surface area contributed by atoms with Gasteiger partial charge in [0.15, 0.2) is 0 Å². The molecule has 1 saturated heterocycles. The Balaban J connectivity index is 1.34. The zero-order chi connectivity index (χ0) is 30.2. The maximum atomic E-state index is 13.7. The van der Waals surface area contributed by atoms with E-state index in [0.29, 0.717) is 40.8 Å². The van der Waals surface area contributed by atoms with Crippen molar-refractivity contribution in [3.05, 3.63) is 82.6 Å².